The Morgan fingerprint density at radius 2 is 1.89 bits per heavy atom. The van der Waals surface area contributed by atoms with Gasteiger partial charge in [0.25, 0.3) is 5.91 Å². The van der Waals surface area contributed by atoms with E-state index in [1.807, 2.05) is 24.3 Å². The van der Waals surface area contributed by atoms with Crippen molar-refractivity contribution in [2.45, 2.75) is 32.2 Å². The van der Waals surface area contributed by atoms with Crippen molar-refractivity contribution in [2.75, 3.05) is 13.6 Å². The Morgan fingerprint density at radius 3 is 2.50 bits per heavy atom. The van der Waals surface area contributed by atoms with Crippen molar-refractivity contribution in [3.8, 4) is 0 Å². The Balaban J connectivity index is 1.77. The number of benzene rings is 1. The molecule has 18 heavy (non-hydrogen) atoms. The summed E-state index contributed by atoms with van der Waals surface area (Å²) in [5.41, 5.74) is 1.96. The molecule has 0 aliphatic heterocycles. The third-order valence-electron chi connectivity index (χ3n) is 3.68. The van der Waals surface area contributed by atoms with Crippen LogP contribution in [-0.2, 0) is 6.54 Å². The zero-order valence-electron chi connectivity index (χ0n) is 11.0. The van der Waals surface area contributed by atoms with Gasteiger partial charge in [0.2, 0.25) is 0 Å². The van der Waals surface area contributed by atoms with Gasteiger partial charge in [0.1, 0.15) is 0 Å². The molecule has 0 saturated heterocycles. The van der Waals surface area contributed by atoms with E-state index in [-0.39, 0.29) is 5.91 Å². The van der Waals surface area contributed by atoms with E-state index in [0.717, 1.165) is 24.6 Å². The predicted octanol–water partition coefficient (Wildman–Crippen LogP) is 2.33. The number of amides is 1. The first-order valence-corrected chi connectivity index (χ1v) is 6.81. The Kier molecular flexibility index (Phi) is 4.76. The van der Waals surface area contributed by atoms with Gasteiger partial charge in [-0.2, -0.15) is 0 Å². The van der Waals surface area contributed by atoms with E-state index in [4.69, 9.17) is 0 Å². The minimum atomic E-state index is -0.0273. The van der Waals surface area contributed by atoms with Crippen molar-refractivity contribution >= 4 is 5.91 Å². The zero-order valence-corrected chi connectivity index (χ0v) is 11.0. The summed E-state index contributed by atoms with van der Waals surface area (Å²) in [6.45, 7) is 2.02. The fourth-order valence-corrected chi connectivity index (χ4v) is 2.55. The van der Waals surface area contributed by atoms with Crippen LogP contribution in [-0.4, -0.2) is 19.5 Å². The first-order valence-electron chi connectivity index (χ1n) is 6.81. The minimum absolute atomic E-state index is 0.0273. The van der Waals surface area contributed by atoms with E-state index in [9.17, 15) is 4.79 Å². The normalized spacial score (nSPS) is 15.8. The minimum Gasteiger partial charge on any atom is -0.355 e. The molecule has 3 nitrogen and oxygen atoms in total. The highest BCUT2D eigenvalue weighted by atomic mass is 16.1. The molecule has 1 amide bonds. The molecule has 1 saturated carbocycles. The number of nitrogens with one attached hydrogen (secondary N) is 2. The number of hydrogen-bond donors (Lipinski definition) is 2. The van der Waals surface area contributed by atoms with Crippen molar-refractivity contribution < 1.29 is 4.79 Å². The summed E-state index contributed by atoms with van der Waals surface area (Å²) in [6, 6.07) is 7.80. The molecular weight excluding hydrogens is 224 g/mol. The van der Waals surface area contributed by atoms with Gasteiger partial charge >= 0.3 is 0 Å². The number of hydrogen-bond acceptors (Lipinski definition) is 2. The molecule has 2 N–H and O–H groups in total. The summed E-state index contributed by atoms with van der Waals surface area (Å²) in [7, 11) is 1.65. The molecule has 0 atom stereocenters. The highest BCUT2D eigenvalue weighted by Gasteiger charge is 2.13. The molecular formula is C15H22N2O. The van der Waals surface area contributed by atoms with E-state index < -0.39 is 0 Å². The summed E-state index contributed by atoms with van der Waals surface area (Å²) in [5, 5.41) is 6.13. The van der Waals surface area contributed by atoms with Gasteiger partial charge in [0, 0.05) is 19.2 Å². The Bertz CT molecular complexity index is 380. The second kappa shape index (κ2) is 6.55. The van der Waals surface area contributed by atoms with Gasteiger partial charge in [-0.15, -0.1) is 0 Å². The van der Waals surface area contributed by atoms with Crippen LogP contribution in [0.2, 0.25) is 0 Å². The maximum atomic E-state index is 11.4. The standard InChI is InChI=1S/C15H22N2O/c1-16-15(18)14-8-6-13(7-9-14)11-17-10-12-4-2-3-5-12/h6-9,12,17H,2-5,10-11H2,1H3,(H,16,18). The summed E-state index contributed by atoms with van der Waals surface area (Å²) in [6.07, 6.45) is 5.55. The van der Waals surface area contributed by atoms with Crippen LogP contribution in [0.3, 0.4) is 0 Å². The molecule has 0 spiro atoms. The Labute approximate surface area is 109 Å². The largest absolute Gasteiger partial charge is 0.355 e. The molecule has 98 valence electrons. The van der Waals surface area contributed by atoms with Crippen LogP contribution in [0, 0.1) is 5.92 Å². The van der Waals surface area contributed by atoms with Crippen LogP contribution in [0.5, 0.6) is 0 Å². The quantitative estimate of drug-likeness (QED) is 0.837. The first-order chi connectivity index (χ1) is 8.79. The molecule has 0 bridgehead atoms. The van der Waals surface area contributed by atoms with Crippen molar-refractivity contribution in [1.29, 1.82) is 0 Å². The van der Waals surface area contributed by atoms with E-state index in [1.54, 1.807) is 7.05 Å². The zero-order chi connectivity index (χ0) is 12.8. The molecule has 2 rings (SSSR count). The molecule has 0 unspecified atom stereocenters. The van der Waals surface area contributed by atoms with Crippen LogP contribution < -0.4 is 10.6 Å². The van der Waals surface area contributed by atoms with Gasteiger partial charge in [0.15, 0.2) is 0 Å². The summed E-state index contributed by atoms with van der Waals surface area (Å²) in [5.74, 6) is 0.843. The Hall–Kier alpha value is -1.35. The van der Waals surface area contributed by atoms with Crippen LogP contribution in [0.1, 0.15) is 41.6 Å². The number of carbonyl (C=O) groups is 1. The molecule has 1 aliphatic rings. The fraction of sp³-hybridized carbons (Fsp3) is 0.533. The average molecular weight is 246 g/mol. The SMILES string of the molecule is CNC(=O)c1ccc(CNCC2CCCC2)cc1. The number of carbonyl (C=O) groups excluding carboxylic acids is 1. The van der Waals surface area contributed by atoms with Crippen molar-refractivity contribution in [1.82, 2.24) is 10.6 Å². The maximum Gasteiger partial charge on any atom is 0.251 e. The van der Waals surface area contributed by atoms with Crippen molar-refractivity contribution in [3.63, 3.8) is 0 Å². The number of rotatable bonds is 5. The van der Waals surface area contributed by atoms with Gasteiger partial charge in [-0.3, -0.25) is 4.79 Å². The molecule has 3 heteroatoms. The monoisotopic (exact) mass is 246 g/mol. The van der Waals surface area contributed by atoms with E-state index >= 15 is 0 Å². The molecule has 0 aromatic heterocycles. The summed E-state index contributed by atoms with van der Waals surface area (Å²) >= 11 is 0. The Morgan fingerprint density at radius 1 is 1.22 bits per heavy atom. The lowest BCUT2D eigenvalue weighted by Crippen LogP contribution is -2.21. The molecule has 1 fully saturated rings. The van der Waals surface area contributed by atoms with E-state index in [1.165, 1.54) is 31.2 Å². The second-order valence-corrected chi connectivity index (χ2v) is 5.06. The summed E-state index contributed by atoms with van der Waals surface area (Å²) in [4.78, 5) is 11.4. The van der Waals surface area contributed by atoms with Gasteiger partial charge in [-0.1, -0.05) is 25.0 Å². The molecule has 1 aromatic carbocycles. The highest BCUT2D eigenvalue weighted by Crippen LogP contribution is 2.23. The van der Waals surface area contributed by atoms with Crippen LogP contribution in [0.15, 0.2) is 24.3 Å². The molecule has 0 radical (unpaired) electrons. The maximum absolute atomic E-state index is 11.4. The molecule has 1 aromatic rings. The van der Waals surface area contributed by atoms with E-state index in [2.05, 4.69) is 10.6 Å². The van der Waals surface area contributed by atoms with Crippen LogP contribution in [0.25, 0.3) is 0 Å². The lowest BCUT2D eigenvalue weighted by atomic mass is 10.1. The highest BCUT2D eigenvalue weighted by molar-refractivity contribution is 5.93. The predicted molar refractivity (Wildman–Crippen MR) is 73.5 cm³/mol. The van der Waals surface area contributed by atoms with Gasteiger partial charge in [0.05, 0.1) is 0 Å². The fourth-order valence-electron chi connectivity index (χ4n) is 2.55. The summed E-state index contributed by atoms with van der Waals surface area (Å²) < 4.78 is 0. The third kappa shape index (κ3) is 3.57. The molecule has 0 heterocycles. The second-order valence-electron chi connectivity index (χ2n) is 5.06. The van der Waals surface area contributed by atoms with E-state index in [0.29, 0.717) is 0 Å². The molecule has 1 aliphatic carbocycles. The van der Waals surface area contributed by atoms with Crippen LogP contribution in [0.4, 0.5) is 0 Å². The third-order valence-corrected chi connectivity index (χ3v) is 3.68. The average Bonchev–Trinajstić information content (AvgIpc) is 2.92. The van der Waals surface area contributed by atoms with Crippen molar-refractivity contribution in [3.05, 3.63) is 35.4 Å². The first kappa shape index (κ1) is 13.1. The van der Waals surface area contributed by atoms with Gasteiger partial charge in [-0.25, -0.2) is 0 Å². The van der Waals surface area contributed by atoms with Gasteiger partial charge in [-0.05, 0) is 43.0 Å². The van der Waals surface area contributed by atoms with Crippen molar-refractivity contribution in [2.24, 2.45) is 5.92 Å². The lowest BCUT2D eigenvalue weighted by molar-refractivity contribution is 0.0963. The van der Waals surface area contributed by atoms with Gasteiger partial charge < -0.3 is 10.6 Å². The van der Waals surface area contributed by atoms with Crippen LogP contribution >= 0.6 is 0 Å². The topological polar surface area (TPSA) is 41.1 Å². The lowest BCUT2D eigenvalue weighted by Gasteiger charge is -2.10. The smallest absolute Gasteiger partial charge is 0.251 e.